The van der Waals surface area contributed by atoms with Crippen molar-refractivity contribution in [3.63, 3.8) is 0 Å². The lowest BCUT2D eigenvalue weighted by Crippen LogP contribution is -2.24. The summed E-state index contributed by atoms with van der Waals surface area (Å²) < 4.78 is 26.2. The molecule has 0 radical (unpaired) electrons. The van der Waals surface area contributed by atoms with Gasteiger partial charge in [-0.3, -0.25) is 0 Å². The summed E-state index contributed by atoms with van der Waals surface area (Å²) in [6.07, 6.45) is 3.75. The minimum Gasteiger partial charge on any atom is -0.366 e. The maximum atomic E-state index is 11.9. The third-order valence-electron chi connectivity index (χ3n) is 2.31. The standard InChI is InChI=1S/C10H15N3O2S/c1-2-12-16(14,15)9-4-3-7-11-10(9)13-8-5-6-8/h3-4,7-8,12H,2,5-6H2,1H3,(H,11,13). The third-order valence-corrected chi connectivity index (χ3v) is 3.89. The first-order valence-electron chi connectivity index (χ1n) is 5.34. The van der Waals surface area contributed by atoms with Crippen LogP contribution in [0.1, 0.15) is 19.8 Å². The molecule has 1 heterocycles. The molecule has 6 heteroatoms. The number of pyridine rings is 1. The predicted molar refractivity (Wildman–Crippen MR) is 61.7 cm³/mol. The zero-order valence-corrected chi connectivity index (χ0v) is 9.92. The van der Waals surface area contributed by atoms with Crippen molar-refractivity contribution in [2.24, 2.45) is 0 Å². The Bertz CT molecular complexity index is 469. The van der Waals surface area contributed by atoms with Crippen LogP contribution in [0.5, 0.6) is 0 Å². The largest absolute Gasteiger partial charge is 0.366 e. The van der Waals surface area contributed by atoms with E-state index in [4.69, 9.17) is 0 Å². The average Bonchev–Trinajstić information content (AvgIpc) is 3.02. The van der Waals surface area contributed by atoms with Crippen LogP contribution in [0.4, 0.5) is 5.82 Å². The highest BCUT2D eigenvalue weighted by Crippen LogP contribution is 2.27. The molecule has 1 aromatic heterocycles. The summed E-state index contributed by atoms with van der Waals surface area (Å²) in [6.45, 7) is 2.13. The number of hydrogen-bond acceptors (Lipinski definition) is 4. The second-order valence-electron chi connectivity index (χ2n) is 3.77. The molecule has 5 nitrogen and oxygen atoms in total. The van der Waals surface area contributed by atoms with Crippen LogP contribution in [0.2, 0.25) is 0 Å². The molecule has 0 atom stereocenters. The summed E-state index contributed by atoms with van der Waals surface area (Å²) in [5, 5.41) is 3.12. The van der Waals surface area contributed by atoms with Gasteiger partial charge in [-0.05, 0) is 25.0 Å². The molecule has 2 N–H and O–H groups in total. The highest BCUT2D eigenvalue weighted by atomic mass is 32.2. The Morgan fingerprint density at radius 1 is 1.50 bits per heavy atom. The van der Waals surface area contributed by atoms with Gasteiger partial charge in [0.15, 0.2) is 0 Å². The Hall–Kier alpha value is -1.14. The first-order valence-corrected chi connectivity index (χ1v) is 6.83. The molecule has 1 fully saturated rings. The molecule has 0 bridgehead atoms. The molecule has 2 rings (SSSR count). The first kappa shape index (κ1) is 11.3. The highest BCUT2D eigenvalue weighted by Gasteiger charge is 2.25. The lowest BCUT2D eigenvalue weighted by molar-refractivity contribution is 0.584. The number of nitrogens with one attached hydrogen (secondary N) is 2. The monoisotopic (exact) mass is 241 g/mol. The average molecular weight is 241 g/mol. The normalized spacial score (nSPS) is 16.1. The van der Waals surface area contributed by atoms with Gasteiger partial charge in [0.1, 0.15) is 10.7 Å². The topological polar surface area (TPSA) is 71.1 Å². The molecular formula is C10H15N3O2S. The summed E-state index contributed by atoms with van der Waals surface area (Å²) in [6, 6.07) is 3.57. The van der Waals surface area contributed by atoms with Gasteiger partial charge in [-0.25, -0.2) is 18.1 Å². The lowest BCUT2D eigenvalue weighted by atomic mass is 10.4. The van der Waals surface area contributed by atoms with Crippen molar-refractivity contribution >= 4 is 15.8 Å². The molecule has 0 unspecified atom stereocenters. The van der Waals surface area contributed by atoms with E-state index in [1.54, 1.807) is 25.3 Å². The van der Waals surface area contributed by atoms with E-state index in [2.05, 4.69) is 15.0 Å². The van der Waals surface area contributed by atoms with E-state index in [0.717, 1.165) is 12.8 Å². The van der Waals surface area contributed by atoms with Gasteiger partial charge < -0.3 is 5.32 Å². The second kappa shape index (κ2) is 4.39. The van der Waals surface area contributed by atoms with E-state index in [0.29, 0.717) is 18.4 Å². The van der Waals surface area contributed by atoms with Crippen LogP contribution in [0.3, 0.4) is 0 Å². The second-order valence-corrected chi connectivity index (χ2v) is 5.51. The number of rotatable bonds is 5. The number of hydrogen-bond donors (Lipinski definition) is 2. The van der Waals surface area contributed by atoms with Crippen LogP contribution >= 0.6 is 0 Å². The Morgan fingerprint density at radius 2 is 2.25 bits per heavy atom. The summed E-state index contributed by atoms with van der Waals surface area (Å²) in [5.74, 6) is 0.450. The van der Waals surface area contributed by atoms with Gasteiger partial charge in [0.25, 0.3) is 0 Å². The fraction of sp³-hybridized carbons (Fsp3) is 0.500. The van der Waals surface area contributed by atoms with E-state index in [9.17, 15) is 8.42 Å². The zero-order chi connectivity index (χ0) is 11.6. The fourth-order valence-corrected chi connectivity index (χ4v) is 2.56. The minimum atomic E-state index is -3.43. The third kappa shape index (κ3) is 2.51. The Labute approximate surface area is 95.3 Å². The van der Waals surface area contributed by atoms with E-state index in [-0.39, 0.29) is 4.90 Å². The van der Waals surface area contributed by atoms with Crippen LogP contribution in [-0.2, 0) is 10.0 Å². The highest BCUT2D eigenvalue weighted by molar-refractivity contribution is 7.89. The quantitative estimate of drug-likeness (QED) is 0.805. The number of aromatic nitrogens is 1. The number of sulfonamides is 1. The predicted octanol–water partition coefficient (Wildman–Crippen LogP) is 0.954. The Kier molecular flexibility index (Phi) is 3.11. The number of nitrogens with zero attached hydrogens (tertiary/aromatic N) is 1. The van der Waals surface area contributed by atoms with Gasteiger partial charge in [-0.15, -0.1) is 0 Å². The van der Waals surface area contributed by atoms with Crippen LogP contribution in [0, 0.1) is 0 Å². The SMILES string of the molecule is CCNS(=O)(=O)c1cccnc1NC1CC1. The molecular weight excluding hydrogens is 226 g/mol. The van der Waals surface area contributed by atoms with Gasteiger partial charge in [-0.2, -0.15) is 0 Å². The molecule has 1 aliphatic carbocycles. The summed E-state index contributed by atoms with van der Waals surface area (Å²) in [7, 11) is -3.43. The smallest absolute Gasteiger partial charge is 0.244 e. The van der Waals surface area contributed by atoms with Gasteiger partial charge in [0.05, 0.1) is 0 Å². The van der Waals surface area contributed by atoms with E-state index in [1.807, 2.05) is 0 Å². The van der Waals surface area contributed by atoms with Crippen molar-refractivity contribution in [3.8, 4) is 0 Å². The summed E-state index contributed by atoms with van der Waals surface area (Å²) in [5.41, 5.74) is 0. The first-order chi connectivity index (χ1) is 7.63. The Balaban J connectivity index is 2.31. The number of anilines is 1. The fourth-order valence-electron chi connectivity index (χ4n) is 1.40. The van der Waals surface area contributed by atoms with Crippen molar-refractivity contribution in [2.75, 3.05) is 11.9 Å². The van der Waals surface area contributed by atoms with Crippen LogP contribution in [-0.4, -0.2) is 26.0 Å². The van der Waals surface area contributed by atoms with Crippen molar-refractivity contribution in [3.05, 3.63) is 18.3 Å². The van der Waals surface area contributed by atoms with E-state index >= 15 is 0 Å². The molecule has 1 saturated carbocycles. The minimum absolute atomic E-state index is 0.226. The summed E-state index contributed by atoms with van der Waals surface area (Å²) >= 11 is 0. The molecule has 0 aliphatic heterocycles. The Morgan fingerprint density at radius 3 is 2.88 bits per heavy atom. The molecule has 0 amide bonds. The van der Waals surface area contributed by atoms with Gasteiger partial charge in [0.2, 0.25) is 10.0 Å². The van der Waals surface area contributed by atoms with Crippen molar-refractivity contribution < 1.29 is 8.42 Å². The molecule has 0 saturated heterocycles. The van der Waals surface area contributed by atoms with Crippen molar-refractivity contribution in [2.45, 2.75) is 30.7 Å². The van der Waals surface area contributed by atoms with Crippen LogP contribution < -0.4 is 10.0 Å². The van der Waals surface area contributed by atoms with E-state index in [1.165, 1.54) is 0 Å². The van der Waals surface area contributed by atoms with Crippen molar-refractivity contribution in [1.29, 1.82) is 0 Å². The molecule has 88 valence electrons. The summed E-state index contributed by atoms with van der Waals surface area (Å²) in [4.78, 5) is 4.30. The van der Waals surface area contributed by atoms with Gasteiger partial charge in [0, 0.05) is 18.8 Å². The zero-order valence-electron chi connectivity index (χ0n) is 9.10. The maximum absolute atomic E-state index is 11.9. The molecule has 16 heavy (non-hydrogen) atoms. The molecule has 0 spiro atoms. The van der Waals surface area contributed by atoms with Crippen molar-refractivity contribution in [1.82, 2.24) is 9.71 Å². The molecule has 1 aliphatic rings. The molecule has 0 aromatic carbocycles. The lowest BCUT2D eigenvalue weighted by Gasteiger charge is -2.10. The van der Waals surface area contributed by atoms with Crippen LogP contribution in [0.15, 0.2) is 23.2 Å². The van der Waals surface area contributed by atoms with Crippen LogP contribution in [0.25, 0.3) is 0 Å². The molecule has 1 aromatic rings. The maximum Gasteiger partial charge on any atom is 0.244 e. The van der Waals surface area contributed by atoms with Gasteiger partial charge >= 0.3 is 0 Å². The van der Waals surface area contributed by atoms with E-state index < -0.39 is 10.0 Å². The van der Waals surface area contributed by atoms with Gasteiger partial charge in [-0.1, -0.05) is 6.92 Å².